The molecule has 0 aromatic heterocycles. The number of halogens is 2. The Labute approximate surface area is 83.5 Å². The van der Waals surface area contributed by atoms with Crippen molar-refractivity contribution >= 4 is 12.4 Å². The van der Waals surface area contributed by atoms with Gasteiger partial charge in [0.1, 0.15) is 5.82 Å². The van der Waals surface area contributed by atoms with Crippen LogP contribution in [0.2, 0.25) is 0 Å². The topological polar surface area (TPSA) is 26.0 Å². The molecule has 1 aliphatic carbocycles. The van der Waals surface area contributed by atoms with Crippen LogP contribution in [0, 0.1) is 5.82 Å². The van der Waals surface area contributed by atoms with Crippen molar-refractivity contribution in [2.24, 2.45) is 5.73 Å². The van der Waals surface area contributed by atoms with Crippen LogP contribution in [0.4, 0.5) is 4.39 Å². The van der Waals surface area contributed by atoms with Crippen LogP contribution < -0.4 is 5.73 Å². The summed E-state index contributed by atoms with van der Waals surface area (Å²) in [6.45, 7) is 0.318. The fourth-order valence-electron chi connectivity index (χ4n) is 1.57. The summed E-state index contributed by atoms with van der Waals surface area (Å²) in [5, 5.41) is 0. The minimum atomic E-state index is -0.151. The van der Waals surface area contributed by atoms with Gasteiger partial charge in [-0.1, -0.05) is 12.1 Å². The third-order valence-electron chi connectivity index (χ3n) is 2.38. The zero-order chi connectivity index (χ0) is 8.55. The Morgan fingerprint density at radius 2 is 2.08 bits per heavy atom. The highest BCUT2D eigenvalue weighted by Crippen LogP contribution is 2.41. The van der Waals surface area contributed by atoms with Gasteiger partial charge in [-0.05, 0) is 30.4 Å². The minimum absolute atomic E-state index is 0. The molecular weight excluding hydrogens is 189 g/mol. The lowest BCUT2D eigenvalue weighted by Gasteiger charge is -2.06. The maximum atomic E-state index is 13.2. The van der Waals surface area contributed by atoms with Crippen molar-refractivity contribution in [2.45, 2.75) is 25.3 Å². The Hall–Kier alpha value is -0.600. The zero-order valence-corrected chi connectivity index (χ0v) is 8.11. The first-order chi connectivity index (χ1) is 5.83. The lowest BCUT2D eigenvalue weighted by molar-refractivity contribution is 0.607. The highest BCUT2D eigenvalue weighted by Gasteiger charge is 2.26. The Morgan fingerprint density at radius 1 is 1.38 bits per heavy atom. The molecule has 3 heteroatoms. The van der Waals surface area contributed by atoms with Gasteiger partial charge in [-0.3, -0.25) is 0 Å². The molecular formula is C10H13ClFN. The van der Waals surface area contributed by atoms with Crippen LogP contribution in [0.3, 0.4) is 0 Å². The number of hydrogen-bond acceptors (Lipinski definition) is 1. The minimum Gasteiger partial charge on any atom is -0.326 e. The summed E-state index contributed by atoms with van der Waals surface area (Å²) in [5.41, 5.74) is 7.31. The molecule has 1 fully saturated rings. The smallest absolute Gasteiger partial charge is 0.127 e. The van der Waals surface area contributed by atoms with Gasteiger partial charge in [0.15, 0.2) is 0 Å². The maximum Gasteiger partial charge on any atom is 0.127 e. The van der Waals surface area contributed by atoms with Crippen LogP contribution in [-0.4, -0.2) is 0 Å². The van der Waals surface area contributed by atoms with E-state index < -0.39 is 0 Å². The molecule has 0 aliphatic heterocycles. The van der Waals surface area contributed by atoms with E-state index in [1.807, 2.05) is 6.07 Å². The predicted molar refractivity (Wildman–Crippen MR) is 53.5 cm³/mol. The van der Waals surface area contributed by atoms with Crippen molar-refractivity contribution in [3.63, 3.8) is 0 Å². The summed E-state index contributed by atoms with van der Waals surface area (Å²) in [6.07, 6.45) is 2.38. The molecule has 2 rings (SSSR count). The molecule has 0 radical (unpaired) electrons. The van der Waals surface area contributed by atoms with Crippen molar-refractivity contribution in [1.29, 1.82) is 0 Å². The molecule has 13 heavy (non-hydrogen) atoms. The average Bonchev–Trinajstić information content (AvgIpc) is 2.86. The van der Waals surface area contributed by atoms with Crippen LogP contribution >= 0.6 is 12.4 Å². The van der Waals surface area contributed by atoms with Crippen molar-refractivity contribution in [3.8, 4) is 0 Å². The SMILES string of the molecule is Cl.NCc1c(F)cccc1C1CC1. The van der Waals surface area contributed by atoms with E-state index in [1.54, 1.807) is 6.07 Å². The van der Waals surface area contributed by atoms with E-state index in [9.17, 15) is 4.39 Å². The summed E-state index contributed by atoms with van der Waals surface area (Å²) in [6, 6.07) is 5.24. The van der Waals surface area contributed by atoms with Gasteiger partial charge in [0.2, 0.25) is 0 Å². The number of benzene rings is 1. The van der Waals surface area contributed by atoms with E-state index >= 15 is 0 Å². The molecule has 0 unspecified atom stereocenters. The van der Waals surface area contributed by atoms with Crippen molar-refractivity contribution < 1.29 is 4.39 Å². The van der Waals surface area contributed by atoms with Gasteiger partial charge in [-0.15, -0.1) is 12.4 Å². The van der Waals surface area contributed by atoms with E-state index in [2.05, 4.69) is 0 Å². The quantitative estimate of drug-likeness (QED) is 0.782. The molecule has 1 saturated carbocycles. The molecule has 1 nitrogen and oxygen atoms in total. The molecule has 72 valence electrons. The Morgan fingerprint density at radius 3 is 2.62 bits per heavy atom. The molecule has 0 amide bonds. The van der Waals surface area contributed by atoms with Gasteiger partial charge in [0.05, 0.1) is 0 Å². The van der Waals surface area contributed by atoms with Gasteiger partial charge in [-0.2, -0.15) is 0 Å². The van der Waals surface area contributed by atoms with Crippen molar-refractivity contribution in [2.75, 3.05) is 0 Å². The molecule has 1 aliphatic rings. The summed E-state index contributed by atoms with van der Waals surface area (Å²) in [5.74, 6) is 0.432. The summed E-state index contributed by atoms with van der Waals surface area (Å²) in [4.78, 5) is 0. The van der Waals surface area contributed by atoms with Crippen LogP contribution in [-0.2, 0) is 6.54 Å². The molecule has 0 heterocycles. The largest absolute Gasteiger partial charge is 0.326 e. The monoisotopic (exact) mass is 201 g/mol. The second-order valence-corrected chi connectivity index (χ2v) is 3.29. The average molecular weight is 202 g/mol. The lowest BCUT2D eigenvalue weighted by atomic mass is 10.0. The fraction of sp³-hybridized carbons (Fsp3) is 0.400. The zero-order valence-electron chi connectivity index (χ0n) is 7.29. The van der Waals surface area contributed by atoms with E-state index in [4.69, 9.17) is 5.73 Å². The number of nitrogens with two attached hydrogens (primary N) is 1. The molecule has 0 bridgehead atoms. The number of rotatable bonds is 2. The van der Waals surface area contributed by atoms with Gasteiger partial charge in [0, 0.05) is 12.1 Å². The highest BCUT2D eigenvalue weighted by molar-refractivity contribution is 5.85. The van der Waals surface area contributed by atoms with E-state index in [-0.39, 0.29) is 18.2 Å². The second-order valence-electron chi connectivity index (χ2n) is 3.29. The first kappa shape index (κ1) is 10.5. The summed E-state index contributed by atoms with van der Waals surface area (Å²) in [7, 11) is 0. The molecule has 1 aromatic carbocycles. The lowest BCUT2D eigenvalue weighted by Crippen LogP contribution is -2.03. The molecule has 2 N–H and O–H groups in total. The predicted octanol–water partition coefficient (Wildman–Crippen LogP) is 2.58. The molecule has 0 atom stereocenters. The highest BCUT2D eigenvalue weighted by atomic mass is 35.5. The first-order valence-electron chi connectivity index (χ1n) is 4.30. The third kappa shape index (κ3) is 2.01. The van der Waals surface area contributed by atoms with Gasteiger partial charge in [0.25, 0.3) is 0 Å². The van der Waals surface area contributed by atoms with Gasteiger partial charge in [-0.25, -0.2) is 4.39 Å². The summed E-state index contributed by atoms with van der Waals surface area (Å²) >= 11 is 0. The van der Waals surface area contributed by atoms with Crippen LogP contribution in [0.5, 0.6) is 0 Å². The number of hydrogen-bond donors (Lipinski definition) is 1. The van der Waals surface area contributed by atoms with Crippen LogP contribution in [0.1, 0.15) is 29.9 Å². The van der Waals surface area contributed by atoms with Crippen molar-refractivity contribution in [3.05, 3.63) is 35.1 Å². The molecule has 1 aromatic rings. The van der Waals surface area contributed by atoms with Gasteiger partial charge < -0.3 is 5.73 Å². The third-order valence-corrected chi connectivity index (χ3v) is 2.38. The fourth-order valence-corrected chi connectivity index (χ4v) is 1.57. The maximum absolute atomic E-state index is 13.2. The van der Waals surface area contributed by atoms with Crippen LogP contribution in [0.25, 0.3) is 0 Å². The van der Waals surface area contributed by atoms with Crippen LogP contribution in [0.15, 0.2) is 18.2 Å². The second kappa shape index (κ2) is 4.07. The normalized spacial score (nSPS) is 15.2. The van der Waals surface area contributed by atoms with E-state index in [1.165, 1.54) is 18.9 Å². The molecule has 0 spiro atoms. The summed E-state index contributed by atoms with van der Waals surface area (Å²) < 4.78 is 13.2. The van der Waals surface area contributed by atoms with Gasteiger partial charge >= 0.3 is 0 Å². The Balaban J connectivity index is 0.000000845. The molecule has 0 saturated heterocycles. The standard InChI is InChI=1S/C10H12FN.ClH/c11-10-3-1-2-8(7-4-5-7)9(10)6-12;/h1-3,7H,4-6,12H2;1H. The Bertz CT molecular complexity index is 297. The van der Waals surface area contributed by atoms with E-state index in [0.717, 1.165) is 5.56 Å². The first-order valence-corrected chi connectivity index (χ1v) is 4.30. The van der Waals surface area contributed by atoms with E-state index in [0.29, 0.717) is 18.0 Å². The van der Waals surface area contributed by atoms with Crippen molar-refractivity contribution in [1.82, 2.24) is 0 Å². The Kier molecular flexibility index (Phi) is 3.28.